The van der Waals surface area contributed by atoms with E-state index in [4.69, 9.17) is 4.74 Å². The van der Waals surface area contributed by atoms with Crippen molar-refractivity contribution in [2.24, 2.45) is 0 Å². The topological polar surface area (TPSA) is 29.5 Å². The van der Waals surface area contributed by atoms with Gasteiger partial charge in [-0.1, -0.05) is 30.0 Å². The summed E-state index contributed by atoms with van der Waals surface area (Å²) in [6.07, 6.45) is 1.28. The first-order valence-electron chi connectivity index (χ1n) is 7.29. The van der Waals surface area contributed by atoms with Crippen molar-refractivity contribution in [2.45, 2.75) is 12.8 Å². The Bertz CT molecular complexity index is 741. The predicted octanol–water partition coefficient (Wildman–Crippen LogP) is 3.03. The van der Waals surface area contributed by atoms with Gasteiger partial charge < -0.3 is 9.64 Å². The molecule has 1 aliphatic heterocycles. The second kappa shape index (κ2) is 6.36. The number of rotatable bonds is 2. The van der Waals surface area contributed by atoms with Crippen LogP contribution in [0.2, 0.25) is 0 Å². The van der Waals surface area contributed by atoms with E-state index >= 15 is 0 Å². The van der Waals surface area contributed by atoms with Gasteiger partial charge in [0.05, 0.1) is 13.7 Å². The number of nitrogens with zero attached hydrogens (tertiary/aromatic N) is 1. The molecule has 0 saturated carbocycles. The van der Waals surface area contributed by atoms with Gasteiger partial charge in [0.25, 0.3) is 0 Å². The molecule has 3 nitrogen and oxygen atoms in total. The average molecular weight is 291 g/mol. The molecule has 110 valence electrons. The van der Waals surface area contributed by atoms with Crippen molar-refractivity contribution >= 4 is 11.6 Å². The van der Waals surface area contributed by atoms with E-state index in [1.54, 1.807) is 12.0 Å². The molecule has 0 bridgehead atoms. The van der Waals surface area contributed by atoms with Gasteiger partial charge in [-0.25, -0.2) is 0 Å². The average Bonchev–Trinajstić information content (AvgIpc) is 2.57. The van der Waals surface area contributed by atoms with E-state index in [0.717, 1.165) is 29.0 Å². The van der Waals surface area contributed by atoms with E-state index in [2.05, 4.69) is 11.8 Å². The summed E-state index contributed by atoms with van der Waals surface area (Å²) in [5.41, 5.74) is 3.04. The van der Waals surface area contributed by atoms with Crippen LogP contribution in [0.4, 0.5) is 5.69 Å². The lowest BCUT2D eigenvalue weighted by molar-refractivity contribution is -0.118. The highest BCUT2D eigenvalue weighted by atomic mass is 16.5. The van der Waals surface area contributed by atoms with Gasteiger partial charge in [-0.3, -0.25) is 4.79 Å². The Morgan fingerprint density at radius 3 is 2.73 bits per heavy atom. The Kier molecular flexibility index (Phi) is 4.11. The quantitative estimate of drug-likeness (QED) is 0.796. The molecule has 2 aromatic carbocycles. The number of amides is 1. The number of hydrogen-bond acceptors (Lipinski definition) is 2. The second-order valence-electron chi connectivity index (χ2n) is 5.14. The summed E-state index contributed by atoms with van der Waals surface area (Å²) in [5.74, 6) is 7.14. The monoisotopic (exact) mass is 291 g/mol. The van der Waals surface area contributed by atoms with Crippen LogP contribution in [-0.4, -0.2) is 19.6 Å². The summed E-state index contributed by atoms with van der Waals surface area (Å²) in [7, 11) is 1.65. The van der Waals surface area contributed by atoms with Gasteiger partial charge in [0.1, 0.15) is 5.75 Å². The fraction of sp³-hybridized carbons (Fsp3) is 0.211. The van der Waals surface area contributed by atoms with Gasteiger partial charge in [-0.05, 0) is 42.3 Å². The maximum absolute atomic E-state index is 12.2. The normalized spacial score (nSPS) is 13.1. The molecule has 0 atom stereocenters. The molecule has 0 spiro atoms. The summed E-state index contributed by atoms with van der Waals surface area (Å²) in [5, 5.41) is 0. The van der Waals surface area contributed by atoms with Crippen molar-refractivity contribution in [2.75, 3.05) is 18.6 Å². The van der Waals surface area contributed by atoms with Crippen LogP contribution < -0.4 is 9.64 Å². The van der Waals surface area contributed by atoms with Crippen LogP contribution in [0, 0.1) is 11.8 Å². The zero-order valence-corrected chi connectivity index (χ0v) is 12.5. The Balaban J connectivity index is 1.82. The minimum atomic E-state index is 0.125. The van der Waals surface area contributed by atoms with Crippen molar-refractivity contribution in [3.05, 3.63) is 59.7 Å². The molecule has 0 N–H and O–H groups in total. The lowest BCUT2D eigenvalue weighted by Gasteiger charge is -2.28. The van der Waals surface area contributed by atoms with E-state index in [1.807, 2.05) is 48.5 Å². The molecule has 22 heavy (non-hydrogen) atoms. The fourth-order valence-electron chi connectivity index (χ4n) is 2.58. The maximum Gasteiger partial charge on any atom is 0.228 e. The summed E-state index contributed by atoms with van der Waals surface area (Å²) in [6.45, 7) is 0.410. The van der Waals surface area contributed by atoms with Crippen LogP contribution in [0.3, 0.4) is 0 Å². The van der Waals surface area contributed by atoms with Crippen molar-refractivity contribution in [3.63, 3.8) is 0 Å². The third-order valence-corrected chi connectivity index (χ3v) is 3.73. The molecule has 1 amide bonds. The van der Waals surface area contributed by atoms with Crippen molar-refractivity contribution < 1.29 is 9.53 Å². The summed E-state index contributed by atoms with van der Waals surface area (Å²) < 4.78 is 5.25. The minimum Gasteiger partial charge on any atom is -0.497 e. The molecule has 0 radical (unpaired) electrons. The van der Waals surface area contributed by atoms with Crippen LogP contribution in [0.15, 0.2) is 48.5 Å². The maximum atomic E-state index is 12.2. The largest absolute Gasteiger partial charge is 0.497 e. The van der Waals surface area contributed by atoms with Crippen molar-refractivity contribution in [3.8, 4) is 17.6 Å². The fourth-order valence-corrected chi connectivity index (χ4v) is 2.58. The van der Waals surface area contributed by atoms with E-state index < -0.39 is 0 Å². The first kappa shape index (κ1) is 14.2. The minimum absolute atomic E-state index is 0.125. The summed E-state index contributed by atoms with van der Waals surface area (Å²) >= 11 is 0. The molecular weight excluding hydrogens is 274 g/mol. The molecule has 1 aliphatic rings. The predicted molar refractivity (Wildman–Crippen MR) is 87.0 cm³/mol. The highest BCUT2D eigenvalue weighted by Gasteiger charge is 2.23. The number of carbonyl (C=O) groups is 1. The second-order valence-corrected chi connectivity index (χ2v) is 5.14. The van der Waals surface area contributed by atoms with Gasteiger partial charge in [-0.2, -0.15) is 0 Å². The Hall–Kier alpha value is -2.73. The van der Waals surface area contributed by atoms with Gasteiger partial charge in [-0.15, -0.1) is 0 Å². The first-order valence-corrected chi connectivity index (χ1v) is 7.29. The molecule has 0 saturated heterocycles. The van der Waals surface area contributed by atoms with Crippen LogP contribution in [0.25, 0.3) is 0 Å². The number of fused-ring (bicyclic) bond motifs is 1. The zero-order valence-electron chi connectivity index (χ0n) is 12.5. The number of methoxy groups -OCH3 is 1. The van der Waals surface area contributed by atoms with E-state index in [0.29, 0.717) is 13.0 Å². The van der Waals surface area contributed by atoms with Crippen molar-refractivity contribution in [1.82, 2.24) is 0 Å². The number of carbonyl (C=O) groups excluding carboxylic acids is 1. The standard InChI is InChI=1S/C19H17NO2/c1-22-17-10-11-18-16(14-17)9-12-19(21)20(18)13-5-8-15-6-3-2-4-7-15/h2-4,6-7,10-11,14H,9,12-13H2,1H3. The summed E-state index contributed by atoms with van der Waals surface area (Å²) in [6, 6.07) is 15.6. The molecule has 0 unspecified atom stereocenters. The third kappa shape index (κ3) is 2.96. The summed E-state index contributed by atoms with van der Waals surface area (Å²) in [4.78, 5) is 13.9. The van der Waals surface area contributed by atoms with Gasteiger partial charge in [0.15, 0.2) is 0 Å². The van der Waals surface area contributed by atoms with E-state index in [1.165, 1.54) is 0 Å². The highest BCUT2D eigenvalue weighted by molar-refractivity contribution is 5.97. The van der Waals surface area contributed by atoms with Gasteiger partial charge in [0, 0.05) is 17.7 Å². The van der Waals surface area contributed by atoms with E-state index in [9.17, 15) is 4.79 Å². The molecular formula is C19H17NO2. The number of benzene rings is 2. The zero-order chi connectivity index (χ0) is 15.4. The van der Waals surface area contributed by atoms with Gasteiger partial charge in [0.2, 0.25) is 5.91 Å². The smallest absolute Gasteiger partial charge is 0.228 e. The first-order chi connectivity index (χ1) is 10.8. The molecule has 0 fully saturated rings. The van der Waals surface area contributed by atoms with Crippen LogP contribution in [-0.2, 0) is 11.2 Å². The molecule has 3 rings (SSSR count). The van der Waals surface area contributed by atoms with Crippen LogP contribution in [0.1, 0.15) is 17.5 Å². The SMILES string of the molecule is COc1ccc2c(c1)CCC(=O)N2CC#Cc1ccccc1. The Morgan fingerprint density at radius 2 is 1.95 bits per heavy atom. The molecule has 0 aromatic heterocycles. The molecule has 3 heteroatoms. The third-order valence-electron chi connectivity index (χ3n) is 3.73. The lowest BCUT2D eigenvalue weighted by Crippen LogP contribution is -2.35. The van der Waals surface area contributed by atoms with Gasteiger partial charge >= 0.3 is 0 Å². The molecule has 0 aliphatic carbocycles. The lowest BCUT2D eigenvalue weighted by atomic mass is 10.0. The van der Waals surface area contributed by atoms with Crippen molar-refractivity contribution in [1.29, 1.82) is 0 Å². The number of ether oxygens (including phenoxy) is 1. The highest BCUT2D eigenvalue weighted by Crippen LogP contribution is 2.30. The number of hydrogen-bond donors (Lipinski definition) is 0. The Labute approximate surface area is 130 Å². The Morgan fingerprint density at radius 1 is 1.14 bits per heavy atom. The van der Waals surface area contributed by atoms with Crippen LogP contribution in [0.5, 0.6) is 5.75 Å². The number of anilines is 1. The molecule has 2 aromatic rings. The van der Waals surface area contributed by atoms with E-state index in [-0.39, 0.29) is 5.91 Å². The molecule has 1 heterocycles. The number of aryl methyl sites for hydroxylation is 1. The van der Waals surface area contributed by atoms with Crippen LogP contribution >= 0.6 is 0 Å².